The number of aliphatic hydroxyl groups is 1. The Morgan fingerprint density at radius 1 is 1.19 bits per heavy atom. The Hall–Kier alpha value is -3.80. The van der Waals surface area contributed by atoms with Crippen molar-refractivity contribution in [2.24, 2.45) is 15.8 Å². The zero-order chi connectivity index (χ0) is 29.7. The van der Waals surface area contributed by atoms with Gasteiger partial charge in [0.1, 0.15) is 0 Å². The number of hydrazine groups is 2. The standard InChI is InChI=1S/C31H35ClN8OS/c1-4-39(2)28(19-33)31(41,23-11-9-21(10-12-23)20-34-15-6-16-42-3)24-13-14-27-26(18-24)29(22-7-5-8-25(32)17-22)35-30-36-37-38-40(27)30/h4-5,7-14,17-19,34,37-38,41H,1,6,15-16,20,33H2,2-3H3/b28-19-. The van der Waals surface area contributed by atoms with Crippen molar-refractivity contribution in [1.29, 1.82) is 0 Å². The second-order valence-corrected chi connectivity index (χ2v) is 11.4. The van der Waals surface area contributed by atoms with Gasteiger partial charge in [-0.25, -0.2) is 15.5 Å². The van der Waals surface area contributed by atoms with Gasteiger partial charge in [-0.05, 0) is 72.1 Å². The summed E-state index contributed by atoms with van der Waals surface area (Å²) in [5.41, 5.74) is 16.3. The van der Waals surface area contributed by atoms with Crippen LogP contribution >= 0.6 is 23.4 Å². The molecule has 3 aromatic carbocycles. The van der Waals surface area contributed by atoms with E-state index in [1.54, 1.807) is 16.1 Å². The molecule has 0 fully saturated rings. The van der Waals surface area contributed by atoms with E-state index in [9.17, 15) is 5.11 Å². The summed E-state index contributed by atoms with van der Waals surface area (Å²) in [5, 5.41) is 22.8. The second kappa shape index (κ2) is 13.0. The summed E-state index contributed by atoms with van der Waals surface area (Å²) < 4.78 is 0. The first-order valence-corrected chi connectivity index (χ1v) is 15.3. The molecule has 0 aromatic heterocycles. The van der Waals surface area contributed by atoms with Gasteiger partial charge in [-0.2, -0.15) is 11.8 Å². The normalized spacial score (nSPS) is 15.6. The number of benzene rings is 3. The van der Waals surface area contributed by atoms with Crippen LogP contribution < -0.4 is 27.1 Å². The molecule has 0 spiro atoms. The zero-order valence-corrected chi connectivity index (χ0v) is 25.2. The molecular weight excluding hydrogens is 568 g/mol. The molecule has 1 atom stereocenters. The van der Waals surface area contributed by atoms with Gasteiger partial charge < -0.3 is 21.1 Å². The number of likely N-dealkylation sites (N-methyl/N-ethyl adjacent to an activating group) is 1. The molecule has 0 saturated heterocycles. The minimum Gasteiger partial charge on any atom is -0.403 e. The quantitative estimate of drug-likeness (QED) is 0.196. The van der Waals surface area contributed by atoms with Crippen LogP contribution in [0.25, 0.3) is 0 Å². The van der Waals surface area contributed by atoms with E-state index in [1.807, 2.05) is 85.5 Å². The molecule has 9 nitrogen and oxygen atoms in total. The molecular formula is C31H35ClN8OS. The Morgan fingerprint density at radius 3 is 2.69 bits per heavy atom. The number of fused-ring (bicyclic) bond motifs is 3. The summed E-state index contributed by atoms with van der Waals surface area (Å²) >= 11 is 8.21. The Balaban J connectivity index is 1.59. The van der Waals surface area contributed by atoms with Crippen molar-refractivity contribution in [3.8, 4) is 0 Å². The van der Waals surface area contributed by atoms with E-state index in [0.29, 0.717) is 33.5 Å². The lowest BCUT2D eigenvalue weighted by Crippen LogP contribution is -2.44. The number of hydrazone groups is 1. The van der Waals surface area contributed by atoms with Gasteiger partial charge in [0.15, 0.2) is 5.60 Å². The van der Waals surface area contributed by atoms with Crippen LogP contribution in [0.15, 0.2) is 101 Å². The van der Waals surface area contributed by atoms with Crippen LogP contribution in [0.3, 0.4) is 0 Å². The van der Waals surface area contributed by atoms with Crippen LogP contribution in [0.2, 0.25) is 5.02 Å². The average Bonchev–Trinajstić information content (AvgIpc) is 3.50. The summed E-state index contributed by atoms with van der Waals surface area (Å²) in [4.78, 5) is 6.55. The van der Waals surface area contributed by atoms with Crippen molar-refractivity contribution < 1.29 is 5.11 Å². The number of halogens is 1. The van der Waals surface area contributed by atoms with Crippen LogP contribution in [-0.2, 0) is 12.1 Å². The SMILES string of the molecule is C=CN(C)/C(=C\N)C(O)(c1ccc(CNCCCSC)cc1)c1ccc2c(c1)C(c1cccc(Cl)c1)=NC1=NNNN12. The van der Waals surface area contributed by atoms with E-state index in [1.165, 1.54) is 6.20 Å². The van der Waals surface area contributed by atoms with E-state index < -0.39 is 5.60 Å². The number of hydrogen-bond donors (Lipinski definition) is 5. The van der Waals surface area contributed by atoms with E-state index in [4.69, 9.17) is 22.3 Å². The number of nitrogens with one attached hydrogen (secondary N) is 3. The number of hydrogen-bond acceptors (Lipinski definition) is 10. The summed E-state index contributed by atoms with van der Waals surface area (Å²) in [5.74, 6) is 1.60. The first-order valence-electron chi connectivity index (χ1n) is 13.6. The maximum Gasteiger partial charge on any atom is 0.265 e. The number of anilines is 1. The zero-order valence-electron chi connectivity index (χ0n) is 23.6. The molecule has 0 saturated carbocycles. The lowest BCUT2D eigenvalue weighted by molar-refractivity contribution is 0.0967. The predicted octanol–water partition coefficient (Wildman–Crippen LogP) is 4.25. The Labute approximate surface area is 255 Å². The number of nitrogens with two attached hydrogens (primary N) is 1. The lowest BCUT2D eigenvalue weighted by Gasteiger charge is -2.37. The first kappa shape index (κ1) is 29.7. The first-order chi connectivity index (χ1) is 20.4. The Morgan fingerprint density at radius 2 is 1.98 bits per heavy atom. The third-order valence-electron chi connectivity index (χ3n) is 7.32. The topological polar surface area (TPSA) is 114 Å². The molecule has 6 N–H and O–H groups in total. The minimum atomic E-state index is -1.61. The van der Waals surface area contributed by atoms with Crippen molar-refractivity contribution in [2.45, 2.75) is 18.6 Å². The van der Waals surface area contributed by atoms with Crippen LogP contribution in [0, 0.1) is 0 Å². The molecule has 2 aliphatic rings. The fraction of sp³-hybridized carbons (Fsp3) is 0.226. The summed E-state index contributed by atoms with van der Waals surface area (Å²) in [7, 11) is 1.81. The van der Waals surface area contributed by atoms with Gasteiger partial charge in [0.25, 0.3) is 5.96 Å². The van der Waals surface area contributed by atoms with Crippen molar-refractivity contribution in [1.82, 2.24) is 21.3 Å². The summed E-state index contributed by atoms with van der Waals surface area (Å²) in [6.45, 7) is 5.61. The smallest absolute Gasteiger partial charge is 0.265 e. The molecule has 0 bridgehead atoms. The van der Waals surface area contributed by atoms with E-state index >= 15 is 0 Å². The Bertz CT molecular complexity index is 1540. The van der Waals surface area contributed by atoms with Gasteiger partial charge in [-0.15, -0.1) is 10.6 Å². The van der Waals surface area contributed by atoms with Crippen LogP contribution in [0.4, 0.5) is 5.69 Å². The highest BCUT2D eigenvalue weighted by molar-refractivity contribution is 7.98. The van der Waals surface area contributed by atoms with Crippen molar-refractivity contribution in [2.75, 3.05) is 30.6 Å². The minimum absolute atomic E-state index is 0.459. The highest BCUT2D eigenvalue weighted by Crippen LogP contribution is 2.41. The highest BCUT2D eigenvalue weighted by Gasteiger charge is 2.40. The van der Waals surface area contributed by atoms with Crippen LogP contribution in [0.1, 0.15) is 34.2 Å². The van der Waals surface area contributed by atoms with Crippen LogP contribution in [0.5, 0.6) is 0 Å². The molecule has 2 aliphatic heterocycles. The molecule has 1 unspecified atom stereocenters. The summed E-state index contributed by atoms with van der Waals surface area (Å²) in [6.07, 6.45) is 6.28. The van der Waals surface area contributed by atoms with Gasteiger partial charge in [-0.1, -0.05) is 60.6 Å². The van der Waals surface area contributed by atoms with Gasteiger partial charge in [0.05, 0.1) is 17.1 Å². The van der Waals surface area contributed by atoms with Gasteiger partial charge in [0.2, 0.25) is 0 Å². The molecule has 0 radical (unpaired) electrons. The maximum atomic E-state index is 12.7. The van der Waals surface area contributed by atoms with Crippen molar-refractivity contribution >= 4 is 40.7 Å². The molecule has 0 aliphatic carbocycles. The number of thioether (sulfide) groups is 1. The molecule has 0 amide bonds. The Kier molecular flexibility index (Phi) is 9.20. The molecule has 5 rings (SSSR count). The number of aliphatic imine (C=N–C) groups is 1. The molecule has 42 heavy (non-hydrogen) atoms. The fourth-order valence-corrected chi connectivity index (χ4v) is 5.75. The van der Waals surface area contributed by atoms with Crippen molar-refractivity contribution in [3.63, 3.8) is 0 Å². The van der Waals surface area contributed by atoms with Gasteiger partial charge >= 0.3 is 0 Å². The number of rotatable bonds is 12. The average molecular weight is 603 g/mol. The molecule has 218 valence electrons. The van der Waals surface area contributed by atoms with E-state index in [0.717, 1.165) is 47.6 Å². The summed E-state index contributed by atoms with van der Waals surface area (Å²) in [6, 6.07) is 21.2. The third kappa shape index (κ3) is 5.77. The van der Waals surface area contributed by atoms with Crippen LogP contribution in [-0.4, -0.2) is 47.3 Å². The predicted molar refractivity (Wildman–Crippen MR) is 174 cm³/mol. The molecule has 2 heterocycles. The van der Waals surface area contributed by atoms with Gasteiger partial charge in [-0.3, -0.25) is 0 Å². The maximum absolute atomic E-state index is 12.7. The van der Waals surface area contributed by atoms with E-state index in [2.05, 4.69) is 34.3 Å². The molecule has 11 heteroatoms. The highest BCUT2D eigenvalue weighted by atomic mass is 35.5. The molecule has 3 aromatic rings. The second-order valence-electron chi connectivity index (χ2n) is 9.95. The number of guanidine groups is 1. The number of nitrogens with zero attached hydrogens (tertiary/aromatic N) is 4. The lowest BCUT2D eigenvalue weighted by atomic mass is 9.81. The fourth-order valence-electron chi connectivity index (χ4n) is 5.12. The van der Waals surface area contributed by atoms with E-state index in [-0.39, 0.29) is 0 Å². The van der Waals surface area contributed by atoms with Crippen molar-refractivity contribution in [3.05, 3.63) is 124 Å². The third-order valence-corrected chi connectivity index (χ3v) is 8.26. The largest absolute Gasteiger partial charge is 0.403 e. The monoisotopic (exact) mass is 602 g/mol. The van der Waals surface area contributed by atoms with Gasteiger partial charge in [0, 0.05) is 35.9 Å².